The zero-order valence-electron chi connectivity index (χ0n) is 18.0. The molecule has 1 aliphatic heterocycles. The molecule has 10 heteroatoms. The van der Waals surface area contributed by atoms with Crippen molar-refractivity contribution in [1.82, 2.24) is 4.90 Å². The van der Waals surface area contributed by atoms with Gasteiger partial charge in [-0.05, 0) is 43.4 Å². The van der Waals surface area contributed by atoms with Crippen LogP contribution in [0.4, 0.5) is 5.00 Å². The van der Waals surface area contributed by atoms with Gasteiger partial charge in [-0.25, -0.2) is 4.79 Å². The summed E-state index contributed by atoms with van der Waals surface area (Å²) < 4.78 is 9.88. The van der Waals surface area contributed by atoms with Crippen LogP contribution in [0.25, 0.3) is 0 Å². The highest BCUT2D eigenvalue weighted by Gasteiger charge is 2.36. The van der Waals surface area contributed by atoms with Crippen LogP contribution in [0.2, 0.25) is 0 Å². The van der Waals surface area contributed by atoms with Crippen molar-refractivity contribution in [2.45, 2.75) is 32.1 Å². The van der Waals surface area contributed by atoms with Crippen LogP contribution in [0.1, 0.15) is 60.8 Å². The molecule has 0 fully saturated rings. The van der Waals surface area contributed by atoms with E-state index in [4.69, 9.17) is 9.47 Å². The number of nitrogens with one attached hydrogen (secondary N) is 1. The second-order valence-corrected chi connectivity index (χ2v) is 8.82. The molecule has 3 amide bonds. The van der Waals surface area contributed by atoms with Gasteiger partial charge >= 0.3 is 11.9 Å². The number of fused-ring (bicyclic) bond motifs is 2. The zero-order valence-corrected chi connectivity index (χ0v) is 18.8. The number of benzene rings is 1. The van der Waals surface area contributed by atoms with Gasteiger partial charge in [0.1, 0.15) is 11.5 Å². The van der Waals surface area contributed by atoms with Crippen molar-refractivity contribution in [3.63, 3.8) is 0 Å². The fraction of sp³-hybridized carbons (Fsp3) is 0.348. The van der Waals surface area contributed by atoms with Crippen LogP contribution in [0.5, 0.6) is 0 Å². The van der Waals surface area contributed by atoms with Gasteiger partial charge in [0, 0.05) is 4.88 Å². The minimum Gasteiger partial charge on any atom is -0.465 e. The fourth-order valence-electron chi connectivity index (χ4n) is 4.01. The van der Waals surface area contributed by atoms with Gasteiger partial charge in [0.15, 0.2) is 6.61 Å². The predicted molar refractivity (Wildman–Crippen MR) is 118 cm³/mol. The monoisotopic (exact) mass is 470 g/mol. The first-order chi connectivity index (χ1) is 15.9. The molecular formula is C23H22N2O7S. The molecule has 1 N–H and O–H groups in total. The molecule has 33 heavy (non-hydrogen) atoms. The topological polar surface area (TPSA) is 119 Å². The molecule has 0 spiro atoms. The number of amides is 3. The molecule has 2 heterocycles. The van der Waals surface area contributed by atoms with Gasteiger partial charge in [-0.15, -0.1) is 11.3 Å². The van der Waals surface area contributed by atoms with E-state index in [0.29, 0.717) is 10.6 Å². The maximum absolute atomic E-state index is 12.4. The molecule has 0 saturated carbocycles. The molecule has 1 aromatic carbocycles. The van der Waals surface area contributed by atoms with Crippen LogP contribution in [0.15, 0.2) is 24.3 Å². The lowest BCUT2D eigenvalue weighted by Gasteiger charge is -2.13. The summed E-state index contributed by atoms with van der Waals surface area (Å²) in [6, 6.07) is 6.28. The van der Waals surface area contributed by atoms with Crippen LogP contribution < -0.4 is 5.32 Å². The van der Waals surface area contributed by atoms with Gasteiger partial charge < -0.3 is 14.8 Å². The Kier molecular flexibility index (Phi) is 6.55. The molecule has 1 aromatic heterocycles. The molecule has 2 aromatic rings. The molecule has 0 unspecified atom stereocenters. The highest BCUT2D eigenvalue weighted by Crippen LogP contribution is 2.37. The Hall–Kier alpha value is -3.53. The minimum absolute atomic E-state index is 0.223. The van der Waals surface area contributed by atoms with E-state index in [1.807, 2.05) is 0 Å². The summed E-state index contributed by atoms with van der Waals surface area (Å²) in [6.45, 7) is -1.22. The van der Waals surface area contributed by atoms with Gasteiger partial charge in [0.25, 0.3) is 17.7 Å². The summed E-state index contributed by atoms with van der Waals surface area (Å²) in [7, 11) is 1.29. The number of carbonyl (C=O) groups is 5. The Morgan fingerprint density at radius 2 is 1.70 bits per heavy atom. The van der Waals surface area contributed by atoms with Crippen molar-refractivity contribution in [1.29, 1.82) is 0 Å². The van der Waals surface area contributed by atoms with Crippen molar-refractivity contribution >= 4 is 46.0 Å². The maximum Gasteiger partial charge on any atom is 0.341 e. The maximum atomic E-state index is 12.4. The summed E-state index contributed by atoms with van der Waals surface area (Å²) in [4.78, 5) is 63.5. The number of esters is 2. The minimum atomic E-state index is -0.894. The van der Waals surface area contributed by atoms with E-state index < -0.39 is 42.8 Å². The lowest BCUT2D eigenvalue weighted by atomic mass is 10.1. The average molecular weight is 471 g/mol. The Morgan fingerprint density at radius 1 is 1.03 bits per heavy atom. The molecule has 4 rings (SSSR count). The number of aryl methyl sites for hydroxylation is 1. The molecule has 0 atom stereocenters. The van der Waals surface area contributed by atoms with Crippen LogP contribution in [-0.2, 0) is 31.9 Å². The van der Waals surface area contributed by atoms with E-state index in [0.717, 1.165) is 47.4 Å². The van der Waals surface area contributed by atoms with E-state index in [9.17, 15) is 24.0 Å². The molecule has 2 aliphatic rings. The fourth-order valence-corrected chi connectivity index (χ4v) is 5.31. The molecule has 1 aliphatic carbocycles. The van der Waals surface area contributed by atoms with Crippen LogP contribution in [-0.4, -0.2) is 54.8 Å². The number of imide groups is 1. The smallest absolute Gasteiger partial charge is 0.341 e. The average Bonchev–Trinajstić information content (AvgIpc) is 3.14. The first-order valence-electron chi connectivity index (χ1n) is 10.5. The second-order valence-electron chi connectivity index (χ2n) is 7.71. The third-order valence-corrected chi connectivity index (χ3v) is 6.80. The van der Waals surface area contributed by atoms with E-state index in [2.05, 4.69) is 5.32 Å². The molecule has 0 bridgehead atoms. The Labute approximate surface area is 193 Å². The van der Waals surface area contributed by atoms with Gasteiger partial charge in [-0.2, -0.15) is 0 Å². The number of rotatable bonds is 6. The summed E-state index contributed by atoms with van der Waals surface area (Å²) in [6.07, 6.45) is 4.61. The number of hydrogen-bond acceptors (Lipinski definition) is 8. The largest absolute Gasteiger partial charge is 0.465 e. The third-order valence-electron chi connectivity index (χ3n) is 5.59. The van der Waals surface area contributed by atoms with Gasteiger partial charge in [-0.3, -0.25) is 24.1 Å². The van der Waals surface area contributed by atoms with Crippen LogP contribution >= 0.6 is 11.3 Å². The van der Waals surface area contributed by atoms with Crippen molar-refractivity contribution in [2.75, 3.05) is 25.6 Å². The van der Waals surface area contributed by atoms with Crippen molar-refractivity contribution < 1.29 is 33.4 Å². The van der Waals surface area contributed by atoms with E-state index in [1.54, 1.807) is 12.1 Å². The lowest BCUT2D eigenvalue weighted by Crippen LogP contribution is -2.36. The third kappa shape index (κ3) is 4.51. The Bertz CT molecular complexity index is 1120. The molecule has 9 nitrogen and oxygen atoms in total. The molecule has 0 saturated heterocycles. The number of thiophene rings is 1. The number of ether oxygens (including phenoxy) is 2. The van der Waals surface area contributed by atoms with E-state index >= 15 is 0 Å². The summed E-state index contributed by atoms with van der Waals surface area (Å²) >= 11 is 1.33. The second kappa shape index (κ2) is 9.53. The quantitative estimate of drug-likeness (QED) is 0.391. The van der Waals surface area contributed by atoms with E-state index in [1.165, 1.54) is 30.6 Å². The molecular weight excluding hydrogens is 448 g/mol. The predicted octanol–water partition coefficient (Wildman–Crippen LogP) is 2.58. The standard InChI is InChI=1S/C23H22N2O7S/c1-31-23(30)19-15-9-3-2-4-10-16(15)33-20(19)24-17(26)12-32-18(27)11-25-21(28)13-7-5-6-8-14(13)22(25)29/h5-8H,2-4,9-12H2,1H3,(H,24,26). The summed E-state index contributed by atoms with van der Waals surface area (Å²) in [5.41, 5.74) is 1.70. The zero-order chi connectivity index (χ0) is 23.5. The van der Waals surface area contributed by atoms with Gasteiger partial charge in [0.2, 0.25) is 0 Å². The highest BCUT2D eigenvalue weighted by atomic mass is 32.1. The summed E-state index contributed by atoms with van der Waals surface area (Å²) in [5.74, 6) is -3.21. The lowest BCUT2D eigenvalue weighted by molar-refractivity contribution is -0.147. The van der Waals surface area contributed by atoms with Gasteiger partial charge in [0.05, 0.1) is 23.8 Å². The number of nitrogens with zero attached hydrogens (tertiary/aromatic N) is 1. The number of carbonyl (C=O) groups excluding carboxylic acids is 5. The Morgan fingerprint density at radius 3 is 2.36 bits per heavy atom. The normalized spacial score (nSPS) is 14.9. The van der Waals surface area contributed by atoms with Gasteiger partial charge in [-0.1, -0.05) is 18.6 Å². The summed E-state index contributed by atoms with van der Waals surface area (Å²) in [5, 5.41) is 3.01. The molecule has 0 radical (unpaired) electrons. The first kappa shape index (κ1) is 22.7. The van der Waals surface area contributed by atoms with E-state index in [-0.39, 0.29) is 11.1 Å². The SMILES string of the molecule is COC(=O)c1c(NC(=O)COC(=O)CN2C(=O)c3ccccc3C2=O)sc2c1CCCCC2. The number of anilines is 1. The first-order valence-corrected chi connectivity index (χ1v) is 11.4. The highest BCUT2D eigenvalue weighted by molar-refractivity contribution is 7.17. The van der Waals surface area contributed by atoms with Crippen molar-refractivity contribution in [3.05, 3.63) is 51.4 Å². The molecule has 172 valence electrons. The number of hydrogen-bond donors (Lipinski definition) is 1. The Balaban J connectivity index is 1.37. The van der Waals surface area contributed by atoms with Crippen LogP contribution in [0, 0.1) is 0 Å². The number of methoxy groups -OCH3 is 1. The van der Waals surface area contributed by atoms with Crippen molar-refractivity contribution in [3.8, 4) is 0 Å². The van der Waals surface area contributed by atoms with Crippen LogP contribution in [0.3, 0.4) is 0 Å². The van der Waals surface area contributed by atoms with Crippen molar-refractivity contribution in [2.24, 2.45) is 0 Å².